The van der Waals surface area contributed by atoms with E-state index < -0.39 is 0 Å². The molecule has 0 bridgehead atoms. The minimum absolute atomic E-state index is 0.121. The average Bonchev–Trinajstić information content (AvgIpc) is 2.41. The van der Waals surface area contributed by atoms with Crippen molar-refractivity contribution in [1.29, 1.82) is 0 Å². The molecular weight excluding hydrogens is 262 g/mol. The lowest BCUT2D eigenvalue weighted by Crippen LogP contribution is -2.34. The Hall–Kier alpha value is -1.65. The smallest absolute Gasteiger partial charge is 0.228 e. The van der Waals surface area contributed by atoms with Crippen molar-refractivity contribution in [2.75, 3.05) is 5.32 Å². The second-order valence-electron chi connectivity index (χ2n) is 4.63. The molecule has 19 heavy (non-hydrogen) atoms. The molecule has 1 aromatic heterocycles. The average molecular weight is 278 g/mol. The number of nitrogens with one attached hydrogen (secondary N) is 1. The molecule has 0 aliphatic rings. The van der Waals surface area contributed by atoms with Crippen LogP contribution in [0.5, 0.6) is 0 Å². The molecule has 0 spiro atoms. The first-order valence-corrected chi connectivity index (χ1v) is 6.48. The van der Waals surface area contributed by atoms with Crippen molar-refractivity contribution < 1.29 is 4.79 Å². The molecule has 1 aromatic carbocycles. The number of fused-ring (bicyclic) bond motifs is 1. The van der Waals surface area contributed by atoms with Gasteiger partial charge in [-0.2, -0.15) is 0 Å². The number of amides is 1. The summed E-state index contributed by atoms with van der Waals surface area (Å²) in [6, 6.07) is 6.98. The fraction of sp³-hybridized carbons (Fsp3) is 0.286. The highest BCUT2D eigenvalue weighted by Gasteiger charge is 2.18. The monoisotopic (exact) mass is 277 g/mol. The van der Waals surface area contributed by atoms with E-state index in [1.807, 2.05) is 19.1 Å². The van der Waals surface area contributed by atoms with Gasteiger partial charge in [-0.1, -0.05) is 18.5 Å². The zero-order valence-electron chi connectivity index (χ0n) is 10.9. The van der Waals surface area contributed by atoms with Gasteiger partial charge in [-0.3, -0.25) is 9.78 Å². The largest absolute Gasteiger partial charge is 0.327 e. The van der Waals surface area contributed by atoms with Crippen molar-refractivity contribution in [1.82, 2.24) is 4.98 Å². The third kappa shape index (κ3) is 2.85. The maximum atomic E-state index is 12.0. The second kappa shape index (κ2) is 5.55. The Morgan fingerprint density at radius 1 is 1.37 bits per heavy atom. The molecule has 2 rings (SSSR count). The lowest BCUT2D eigenvalue weighted by Gasteiger charge is -2.16. The van der Waals surface area contributed by atoms with Gasteiger partial charge in [0.15, 0.2) is 0 Å². The molecular formula is C14H16ClN3O. The number of hydrogen-bond acceptors (Lipinski definition) is 3. The fourth-order valence-corrected chi connectivity index (χ4v) is 1.94. The fourth-order valence-electron chi connectivity index (χ4n) is 1.72. The van der Waals surface area contributed by atoms with Gasteiger partial charge in [-0.15, -0.1) is 0 Å². The molecule has 4 nitrogen and oxygen atoms in total. The van der Waals surface area contributed by atoms with E-state index in [-0.39, 0.29) is 17.9 Å². The van der Waals surface area contributed by atoms with Crippen molar-refractivity contribution in [2.24, 2.45) is 11.7 Å². The van der Waals surface area contributed by atoms with Crippen LogP contribution in [0.15, 0.2) is 30.5 Å². The molecule has 2 unspecified atom stereocenters. The Morgan fingerprint density at radius 2 is 2.11 bits per heavy atom. The number of aromatic nitrogens is 1. The van der Waals surface area contributed by atoms with Crippen LogP contribution in [0.4, 0.5) is 5.69 Å². The highest BCUT2D eigenvalue weighted by atomic mass is 35.5. The molecule has 0 fully saturated rings. The molecule has 1 heterocycles. The van der Waals surface area contributed by atoms with Gasteiger partial charge in [-0.05, 0) is 31.2 Å². The molecule has 0 aliphatic carbocycles. The molecule has 3 N–H and O–H groups in total. The molecule has 2 atom stereocenters. The SMILES string of the molecule is CC(N)C(C)C(=O)Nc1ccc(Cl)c2cccnc12. The molecule has 0 radical (unpaired) electrons. The number of rotatable bonds is 3. The summed E-state index contributed by atoms with van der Waals surface area (Å²) in [6.45, 7) is 3.61. The number of nitrogens with zero attached hydrogens (tertiary/aromatic N) is 1. The van der Waals surface area contributed by atoms with Crippen LogP contribution < -0.4 is 11.1 Å². The Labute approximate surface area is 117 Å². The number of halogens is 1. The summed E-state index contributed by atoms with van der Waals surface area (Å²) in [5.41, 5.74) is 7.06. The van der Waals surface area contributed by atoms with E-state index >= 15 is 0 Å². The van der Waals surface area contributed by atoms with E-state index in [4.69, 9.17) is 17.3 Å². The minimum Gasteiger partial charge on any atom is -0.327 e. The van der Waals surface area contributed by atoms with Crippen LogP contribution in [-0.4, -0.2) is 16.9 Å². The molecule has 0 saturated heterocycles. The summed E-state index contributed by atoms with van der Waals surface area (Å²) >= 11 is 6.11. The first kappa shape index (κ1) is 13.8. The summed E-state index contributed by atoms with van der Waals surface area (Å²) < 4.78 is 0. The molecule has 100 valence electrons. The van der Waals surface area contributed by atoms with Gasteiger partial charge in [0.05, 0.1) is 22.1 Å². The summed E-state index contributed by atoms with van der Waals surface area (Å²) in [6.07, 6.45) is 1.67. The number of benzene rings is 1. The maximum absolute atomic E-state index is 12.0. The lowest BCUT2D eigenvalue weighted by atomic mass is 10.0. The summed E-state index contributed by atoms with van der Waals surface area (Å²) in [4.78, 5) is 16.3. The Morgan fingerprint density at radius 3 is 2.79 bits per heavy atom. The van der Waals surface area contributed by atoms with Gasteiger partial charge in [0.2, 0.25) is 5.91 Å². The molecule has 0 saturated carbocycles. The maximum Gasteiger partial charge on any atom is 0.228 e. The van der Waals surface area contributed by atoms with Gasteiger partial charge in [0, 0.05) is 17.6 Å². The van der Waals surface area contributed by atoms with Crippen molar-refractivity contribution in [3.05, 3.63) is 35.5 Å². The zero-order chi connectivity index (χ0) is 14.0. The van der Waals surface area contributed by atoms with Crippen LogP contribution in [0.1, 0.15) is 13.8 Å². The van der Waals surface area contributed by atoms with Gasteiger partial charge in [0.25, 0.3) is 0 Å². The summed E-state index contributed by atoms with van der Waals surface area (Å²) in [5, 5.41) is 4.28. The minimum atomic E-state index is -0.269. The quantitative estimate of drug-likeness (QED) is 0.906. The predicted molar refractivity (Wildman–Crippen MR) is 78.2 cm³/mol. The lowest BCUT2D eigenvalue weighted by molar-refractivity contribution is -0.119. The first-order valence-electron chi connectivity index (χ1n) is 6.10. The van der Waals surface area contributed by atoms with Crippen LogP contribution in [0.2, 0.25) is 5.02 Å². The first-order chi connectivity index (χ1) is 9.00. The molecule has 0 aliphatic heterocycles. The van der Waals surface area contributed by atoms with Crippen molar-refractivity contribution in [3.63, 3.8) is 0 Å². The highest BCUT2D eigenvalue weighted by molar-refractivity contribution is 6.35. The molecule has 5 heteroatoms. The van der Waals surface area contributed by atoms with Crippen molar-refractivity contribution in [3.8, 4) is 0 Å². The number of nitrogens with two attached hydrogens (primary N) is 1. The normalized spacial score (nSPS) is 14.1. The summed E-state index contributed by atoms with van der Waals surface area (Å²) in [5.74, 6) is -0.390. The predicted octanol–water partition coefficient (Wildman–Crippen LogP) is 2.81. The van der Waals surface area contributed by atoms with Gasteiger partial charge in [-0.25, -0.2) is 0 Å². The molecule has 2 aromatic rings. The van der Waals surface area contributed by atoms with Crippen LogP contribution in [0.3, 0.4) is 0 Å². The number of hydrogen-bond donors (Lipinski definition) is 2. The standard InChI is InChI=1S/C14H16ClN3O/c1-8(9(2)16)14(19)18-12-6-5-11(15)10-4-3-7-17-13(10)12/h3-9H,16H2,1-2H3,(H,18,19). The Balaban J connectivity index is 2.36. The zero-order valence-corrected chi connectivity index (χ0v) is 11.6. The van der Waals surface area contributed by atoms with Crippen LogP contribution >= 0.6 is 11.6 Å². The topological polar surface area (TPSA) is 68.0 Å². The molecule has 1 amide bonds. The highest BCUT2D eigenvalue weighted by Crippen LogP contribution is 2.28. The Kier molecular flexibility index (Phi) is 4.02. The number of anilines is 1. The third-order valence-electron chi connectivity index (χ3n) is 3.18. The van der Waals surface area contributed by atoms with Crippen LogP contribution in [0, 0.1) is 5.92 Å². The van der Waals surface area contributed by atoms with Crippen LogP contribution in [0.25, 0.3) is 10.9 Å². The van der Waals surface area contributed by atoms with Gasteiger partial charge >= 0.3 is 0 Å². The van der Waals surface area contributed by atoms with Crippen molar-refractivity contribution >= 4 is 34.1 Å². The van der Waals surface area contributed by atoms with E-state index in [9.17, 15) is 4.79 Å². The second-order valence-corrected chi connectivity index (χ2v) is 5.04. The van der Waals surface area contributed by atoms with Gasteiger partial charge in [0.1, 0.15) is 0 Å². The van der Waals surface area contributed by atoms with E-state index in [1.165, 1.54) is 0 Å². The third-order valence-corrected chi connectivity index (χ3v) is 3.51. The van der Waals surface area contributed by atoms with E-state index in [1.54, 1.807) is 25.3 Å². The number of carbonyl (C=O) groups is 1. The Bertz CT molecular complexity index is 613. The van der Waals surface area contributed by atoms with E-state index in [0.29, 0.717) is 16.2 Å². The van der Waals surface area contributed by atoms with E-state index in [2.05, 4.69) is 10.3 Å². The van der Waals surface area contributed by atoms with Gasteiger partial charge < -0.3 is 11.1 Å². The number of carbonyl (C=O) groups excluding carboxylic acids is 1. The van der Waals surface area contributed by atoms with E-state index in [0.717, 1.165) is 5.39 Å². The van der Waals surface area contributed by atoms with Crippen molar-refractivity contribution in [2.45, 2.75) is 19.9 Å². The number of pyridine rings is 1. The van der Waals surface area contributed by atoms with Crippen LogP contribution in [-0.2, 0) is 4.79 Å². The summed E-state index contributed by atoms with van der Waals surface area (Å²) in [7, 11) is 0.